The summed E-state index contributed by atoms with van der Waals surface area (Å²) in [6, 6.07) is 18.5. The molecule has 1 aliphatic carbocycles. The summed E-state index contributed by atoms with van der Waals surface area (Å²) in [6.07, 6.45) is 7.83. The predicted octanol–water partition coefficient (Wildman–Crippen LogP) is 8.12. The number of aromatic amines is 1. The van der Waals surface area contributed by atoms with Crippen molar-refractivity contribution in [1.29, 1.82) is 0 Å². The van der Waals surface area contributed by atoms with Crippen molar-refractivity contribution in [2.45, 2.75) is 109 Å². The van der Waals surface area contributed by atoms with Gasteiger partial charge in [0.05, 0.1) is 31.8 Å². The highest BCUT2D eigenvalue weighted by Gasteiger charge is 2.48. The number of nitrogens with one attached hydrogen (secondary N) is 3. The van der Waals surface area contributed by atoms with Gasteiger partial charge in [0.1, 0.15) is 12.1 Å². The molecule has 1 saturated carbocycles. The van der Waals surface area contributed by atoms with Gasteiger partial charge < -0.3 is 34.9 Å². The van der Waals surface area contributed by atoms with E-state index in [0.29, 0.717) is 35.5 Å². The maximum Gasteiger partial charge on any atom is 0.407 e. The van der Waals surface area contributed by atoms with Gasteiger partial charge in [-0.15, -0.1) is 0 Å². The number of methoxy groups -OCH3 is 2. The summed E-state index contributed by atoms with van der Waals surface area (Å²) in [4.78, 5) is 78.4. The molecule has 13 heteroatoms. The number of benzene rings is 3. The molecular weight excluding hydrogens is 785 g/mol. The zero-order valence-electron chi connectivity index (χ0n) is 36.5. The Kier molecular flexibility index (Phi) is 12.2. The van der Waals surface area contributed by atoms with Crippen molar-refractivity contribution in [1.82, 2.24) is 25.4 Å². The number of carbonyl (C=O) groups is 4. The van der Waals surface area contributed by atoms with Gasteiger partial charge in [0.15, 0.2) is 5.43 Å². The normalized spacial score (nSPS) is 22.1. The van der Waals surface area contributed by atoms with Gasteiger partial charge in [0.25, 0.3) is 0 Å². The first-order valence-electron chi connectivity index (χ1n) is 22.1. The Labute approximate surface area is 362 Å². The van der Waals surface area contributed by atoms with Crippen molar-refractivity contribution in [2.75, 3.05) is 20.8 Å². The second-order valence-corrected chi connectivity index (χ2v) is 18.1. The second-order valence-electron chi connectivity index (χ2n) is 18.1. The van der Waals surface area contributed by atoms with Crippen molar-refractivity contribution < 1.29 is 28.7 Å². The molecule has 0 bridgehead atoms. The summed E-state index contributed by atoms with van der Waals surface area (Å²) >= 11 is 0. The molecule has 4 aliphatic rings. The number of hydrogen-bond acceptors (Lipinski definition) is 8. The molecule has 4 aromatic rings. The number of H-pyrrole nitrogens is 1. The third kappa shape index (κ3) is 8.33. The van der Waals surface area contributed by atoms with Crippen LogP contribution in [0, 0.1) is 17.8 Å². The van der Waals surface area contributed by atoms with E-state index < -0.39 is 24.3 Å². The summed E-state index contributed by atoms with van der Waals surface area (Å²) in [5, 5.41) is 8.23. The molecule has 3 aliphatic heterocycles. The van der Waals surface area contributed by atoms with Crippen molar-refractivity contribution in [3.8, 4) is 11.1 Å². The molecule has 3 aromatic carbocycles. The van der Waals surface area contributed by atoms with Crippen molar-refractivity contribution in [2.24, 2.45) is 22.7 Å². The lowest BCUT2D eigenvalue weighted by atomic mass is 9.84. The number of amides is 4. The molecule has 4 heterocycles. The maximum atomic E-state index is 14.4. The summed E-state index contributed by atoms with van der Waals surface area (Å²) in [6.45, 7) is 8.28. The largest absolute Gasteiger partial charge is 0.453 e. The van der Waals surface area contributed by atoms with Crippen LogP contribution in [-0.2, 0) is 19.1 Å². The lowest BCUT2D eigenvalue weighted by Gasteiger charge is -2.37. The Balaban J connectivity index is 1.01. The van der Waals surface area contributed by atoms with E-state index in [1.54, 1.807) is 6.07 Å². The van der Waals surface area contributed by atoms with Crippen LogP contribution >= 0.6 is 0 Å². The zero-order chi connectivity index (χ0) is 43.8. The standard InChI is InChI=1S/C49H58N6O7/c1-27(2)44(52-48(59)61-5)46(57)54-19-9-12-41(54)38-23-35(26-50-38)32-16-15-29-20-31(14-13-30(29)21-32)33-17-18-36-37(22-33)51-39(25-43(36)56)42-24-34-10-7-8-11-40(34)55(42)47(58)45(28(3)4)53-49(60)62-6/h13-18,20-22,25-28,34,40-42,44-45H,7-12,19,23-24H2,1-6H3,(H,51,56)(H,52,59)(H,53,60)/t34-,40-,41-,42?,44-,45-/m0/s1. The van der Waals surface area contributed by atoms with Crippen molar-refractivity contribution >= 4 is 57.0 Å². The van der Waals surface area contributed by atoms with E-state index >= 15 is 0 Å². The van der Waals surface area contributed by atoms with Crippen LogP contribution in [0.25, 0.3) is 38.4 Å². The van der Waals surface area contributed by atoms with Gasteiger partial charge in [-0.25, -0.2) is 9.59 Å². The highest BCUT2D eigenvalue weighted by Crippen LogP contribution is 2.46. The van der Waals surface area contributed by atoms with Gasteiger partial charge in [-0.1, -0.05) is 70.9 Å². The molecule has 0 spiro atoms. The molecule has 326 valence electrons. The zero-order valence-corrected chi connectivity index (χ0v) is 36.5. The number of pyridine rings is 1. The topological polar surface area (TPSA) is 162 Å². The summed E-state index contributed by atoms with van der Waals surface area (Å²) in [7, 11) is 2.59. The van der Waals surface area contributed by atoms with Gasteiger partial charge in [-0.3, -0.25) is 19.4 Å². The summed E-state index contributed by atoms with van der Waals surface area (Å²) in [5.74, 6) is -0.194. The second kappa shape index (κ2) is 17.8. The lowest BCUT2D eigenvalue weighted by molar-refractivity contribution is -0.138. The molecule has 13 nitrogen and oxygen atoms in total. The van der Waals surface area contributed by atoms with E-state index in [0.717, 1.165) is 83.7 Å². The molecule has 4 amide bonds. The minimum Gasteiger partial charge on any atom is -0.453 e. The van der Waals surface area contributed by atoms with E-state index in [9.17, 15) is 24.0 Å². The van der Waals surface area contributed by atoms with Crippen LogP contribution in [0.4, 0.5) is 9.59 Å². The molecule has 8 rings (SSSR count). The number of allylic oxidation sites excluding steroid dienone is 1. The predicted molar refractivity (Wildman–Crippen MR) is 241 cm³/mol. The average Bonchev–Trinajstić information content (AvgIpc) is 4.05. The lowest BCUT2D eigenvalue weighted by Crippen LogP contribution is -2.53. The van der Waals surface area contributed by atoms with E-state index in [-0.39, 0.29) is 47.2 Å². The maximum absolute atomic E-state index is 14.4. The number of nitrogens with zero attached hydrogens (tertiary/aromatic N) is 3. The first-order valence-corrected chi connectivity index (χ1v) is 22.1. The number of rotatable bonds is 10. The van der Waals surface area contributed by atoms with Gasteiger partial charge in [-0.2, -0.15) is 0 Å². The number of aliphatic imine (C=N–C) groups is 1. The van der Waals surface area contributed by atoms with E-state index in [2.05, 4.69) is 52.0 Å². The Morgan fingerprint density at radius 2 is 1.37 bits per heavy atom. The molecule has 6 atom stereocenters. The van der Waals surface area contributed by atoms with Gasteiger partial charge in [0, 0.05) is 48.1 Å². The highest BCUT2D eigenvalue weighted by atomic mass is 16.5. The fraction of sp³-hybridized carbons (Fsp3) is 0.469. The number of alkyl carbamates (subject to hydrolysis) is 2. The van der Waals surface area contributed by atoms with Crippen LogP contribution in [0.5, 0.6) is 0 Å². The smallest absolute Gasteiger partial charge is 0.407 e. The van der Waals surface area contributed by atoms with Crippen LogP contribution in [0.1, 0.15) is 96.4 Å². The van der Waals surface area contributed by atoms with Crippen LogP contribution < -0.4 is 16.1 Å². The first kappa shape index (κ1) is 42.7. The summed E-state index contributed by atoms with van der Waals surface area (Å²) in [5.41, 5.74) is 6.41. The minimum absolute atomic E-state index is 0.0410. The fourth-order valence-corrected chi connectivity index (χ4v) is 10.3. The Morgan fingerprint density at radius 3 is 2.06 bits per heavy atom. The third-order valence-electron chi connectivity index (χ3n) is 13.6. The van der Waals surface area contributed by atoms with E-state index in [4.69, 9.17) is 14.5 Å². The molecule has 3 fully saturated rings. The van der Waals surface area contributed by atoms with E-state index in [1.165, 1.54) is 14.2 Å². The molecule has 3 N–H and O–H groups in total. The fourth-order valence-electron chi connectivity index (χ4n) is 10.3. The van der Waals surface area contributed by atoms with Crippen LogP contribution in [0.2, 0.25) is 0 Å². The monoisotopic (exact) mass is 842 g/mol. The highest BCUT2D eigenvalue weighted by molar-refractivity contribution is 6.04. The molecular formula is C49H58N6O7. The van der Waals surface area contributed by atoms with Crippen LogP contribution in [0.3, 0.4) is 0 Å². The number of carbonyl (C=O) groups excluding carboxylic acids is 4. The molecule has 1 aromatic heterocycles. The average molecular weight is 843 g/mol. The molecule has 1 unspecified atom stereocenters. The van der Waals surface area contributed by atoms with Gasteiger partial charge in [0.2, 0.25) is 11.8 Å². The number of ether oxygens (including phenoxy) is 2. The van der Waals surface area contributed by atoms with Gasteiger partial charge in [-0.05, 0) is 107 Å². The number of aromatic nitrogens is 1. The van der Waals surface area contributed by atoms with Crippen molar-refractivity contribution in [3.63, 3.8) is 0 Å². The van der Waals surface area contributed by atoms with E-state index in [1.807, 2.05) is 61.9 Å². The number of hydrogen-bond donors (Lipinski definition) is 3. The Bertz CT molecular complexity index is 2530. The third-order valence-corrected chi connectivity index (χ3v) is 13.6. The summed E-state index contributed by atoms with van der Waals surface area (Å²) < 4.78 is 9.67. The quantitative estimate of drug-likeness (QED) is 0.145. The number of likely N-dealkylation sites (tertiary alicyclic amines) is 2. The Hall–Kier alpha value is -5.98. The van der Waals surface area contributed by atoms with Crippen LogP contribution in [-0.4, -0.2) is 89.4 Å². The first-order chi connectivity index (χ1) is 29.8. The molecule has 0 radical (unpaired) electrons. The Morgan fingerprint density at radius 1 is 0.742 bits per heavy atom. The molecule has 2 saturated heterocycles. The van der Waals surface area contributed by atoms with Crippen molar-refractivity contribution in [3.05, 3.63) is 88.3 Å². The SMILES string of the molecule is COC(=O)N[C@H](C(=O)N1CCC[C@H]1C1=NC=C(c2ccc3cc(-c4ccc5c(=O)cc(C6C[C@@H]7CCCC[C@@H]7N6C(=O)[C@@H](NC(=O)OC)C(C)C)[nH]c5c4)ccc3c2)C1)C(C)C. The number of fused-ring (bicyclic) bond motifs is 3. The van der Waals surface area contributed by atoms with Crippen LogP contribution in [0.15, 0.2) is 76.7 Å². The molecule has 62 heavy (non-hydrogen) atoms. The van der Waals surface area contributed by atoms with Gasteiger partial charge >= 0.3 is 12.2 Å². The minimum atomic E-state index is -0.754.